The van der Waals surface area contributed by atoms with Crippen LogP contribution in [0.1, 0.15) is 0 Å². The Bertz CT molecular complexity index is 625. The second-order valence-corrected chi connectivity index (χ2v) is 5.88. The third-order valence-corrected chi connectivity index (χ3v) is 3.54. The van der Waals surface area contributed by atoms with Gasteiger partial charge in [0.2, 0.25) is 0 Å². The molecule has 0 aliphatic heterocycles. The predicted octanol–water partition coefficient (Wildman–Crippen LogP) is 2.82. The summed E-state index contributed by atoms with van der Waals surface area (Å²) in [6.07, 6.45) is 1.39. The summed E-state index contributed by atoms with van der Waals surface area (Å²) in [5.74, 6) is 0. The largest absolute Gasteiger partial charge is 0.262 e. The van der Waals surface area contributed by atoms with Crippen molar-refractivity contribution >= 4 is 42.2 Å². The molecule has 2 aromatic rings. The monoisotopic (exact) mass is 261 g/mol. The molecule has 1 aromatic heterocycles. The van der Waals surface area contributed by atoms with E-state index in [1.807, 2.05) is 0 Å². The quantitative estimate of drug-likeness (QED) is 0.742. The van der Waals surface area contributed by atoms with Gasteiger partial charge in [0.1, 0.15) is 0 Å². The molecule has 0 N–H and O–H groups in total. The van der Waals surface area contributed by atoms with Crippen molar-refractivity contribution in [3.63, 3.8) is 0 Å². The highest BCUT2D eigenvalue weighted by molar-refractivity contribution is 8.14. The van der Waals surface area contributed by atoms with Crippen LogP contribution in [0.3, 0.4) is 0 Å². The van der Waals surface area contributed by atoms with Crippen molar-refractivity contribution in [1.29, 1.82) is 0 Å². The lowest BCUT2D eigenvalue weighted by Gasteiger charge is -2.02. The van der Waals surface area contributed by atoms with Crippen molar-refractivity contribution in [2.75, 3.05) is 0 Å². The van der Waals surface area contributed by atoms with Gasteiger partial charge in [-0.3, -0.25) is 4.98 Å². The Hall–Kier alpha value is -0.840. The predicted molar refractivity (Wildman–Crippen MR) is 59.8 cm³/mol. The van der Waals surface area contributed by atoms with Crippen molar-refractivity contribution in [3.8, 4) is 0 Å². The lowest BCUT2D eigenvalue weighted by atomic mass is 10.2. The Morgan fingerprint density at radius 1 is 1.20 bits per heavy atom. The average Bonchev–Trinajstić information content (AvgIpc) is 2.15. The van der Waals surface area contributed by atoms with Crippen LogP contribution in [-0.4, -0.2) is 13.4 Å². The first kappa shape index (κ1) is 10.7. The summed E-state index contributed by atoms with van der Waals surface area (Å²) in [6.45, 7) is 0. The number of rotatable bonds is 1. The van der Waals surface area contributed by atoms with Gasteiger partial charge in [0.25, 0.3) is 9.05 Å². The standard InChI is InChI=1S/C9H5Cl2NO2S/c10-6-1-2-8-7(5-6)9(3-4-12-8)15(11,13)14/h1-5H. The Labute approximate surface area is 96.1 Å². The minimum atomic E-state index is -3.77. The van der Waals surface area contributed by atoms with Gasteiger partial charge in [-0.1, -0.05) is 11.6 Å². The molecule has 3 nitrogen and oxygen atoms in total. The van der Waals surface area contributed by atoms with Crippen LogP contribution in [-0.2, 0) is 9.05 Å². The number of benzene rings is 1. The van der Waals surface area contributed by atoms with E-state index in [-0.39, 0.29) is 4.90 Å². The van der Waals surface area contributed by atoms with Gasteiger partial charge < -0.3 is 0 Å². The van der Waals surface area contributed by atoms with Gasteiger partial charge in [-0.05, 0) is 24.3 Å². The number of nitrogens with zero attached hydrogens (tertiary/aromatic N) is 1. The molecule has 0 aliphatic carbocycles. The molecule has 78 valence electrons. The van der Waals surface area contributed by atoms with Crippen LogP contribution in [0, 0.1) is 0 Å². The second kappa shape index (κ2) is 3.63. The maximum atomic E-state index is 11.3. The zero-order valence-corrected chi connectivity index (χ0v) is 9.64. The minimum absolute atomic E-state index is 0.0247. The second-order valence-electron chi connectivity index (χ2n) is 2.91. The number of fused-ring (bicyclic) bond motifs is 1. The van der Waals surface area contributed by atoms with E-state index in [9.17, 15) is 8.42 Å². The molecule has 1 heterocycles. The molecular formula is C9H5Cl2NO2S. The van der Waals surface area contributed by atoms with Crippen molar-refractivity contribution in [2.24, 2.45) is 0 Å². The van der Waals surface area contributed by atoms with Gasteiger partial charge >= 0.3 is 0 Å². The SMILES string of the molecule is O=S(=O)(Cl)c1ccnc2ccc(Cl)cc12. The Morgan fingerprint density at radius 2 is 1.93 bits per heavy atom. The van der Waals surface area contributed by atoms with Crippen LogP contribution in [0.4, 0.5) is 0 Å². The van der Waals surface area contributed by atoms with Crippen LogP contribution < -0.4 is 0 Å². The molecule has 0 fully saturated rings. The molecule has 0 saturated carbocycles. The van der Waals surface area contributed by atoms with E-state index in [0.29, 0.717) is 15.9 Å². The average molecular weight is 262 g/mol. The summed E-state index contributed by atoms with van der Waals surface area (Å²) in [6, 6.07) is 6.16. The molecule has 6 heteroatoms. The van der Waals surface area contributed by atoms with E-state index in [1.165, 1.54) is 18.3 Å². The summed E-state index contributed by atoms with van der Waals surface area (Å²) in [5, 5.41) is 0.872. The molecule has 2 rings (SSSR count). The number of pyridine rings is 1. The van der Waals surface area contributed by atoms with E-state index in [4.69, 9.17) is 22.3 Å². The highest BCUT2D eigenvalue weighted by atomic mass is 35.7. The number of aromatic nitrogens is 1. The highest BCUT2D eigenvalue weighted by Crippen LogP contribution is 2.26. The lowest BCUT2D eigenvalue weighted by molar-refractivity contribution is 0.610. The van der Waals surface area contributed by atoms with Gasteiger partial charge in [0.05, 0.1) is 10.4 Å². The zero-order valence-electron chi connectivity index (χ0n) is 7.31. The fraction of sp³-hybridized carbons (Fsp3) is 0. The maximum Gasteiger partial charge on any atom is 0.262 e. The summed E-state index contributed by atoms with van der Waals surface area (Å²) >= 11 is 5.78. The molecular weight excluding hydrogens is 257 g/mol. The van der Waals surface area contributed by atoms with Gasteiger partial charge in [-0.2, -0.15) is 0 Å². The van der Waals surface area contributed by atoms with E-state index in [2.05, 4.69) is 4.98 Å². The van der Waals surface area contributed by atoms with Gasteiger partial charge in [-0.25, -0.2) is 8.42 Å². The van der Waals surface area contributed by atoms with E-state index >= 15 is 0 Å². The van der Waals surface area contributed by atoms with E-state index < -0.39 is 9.05 Å². The van der Waals surface area contributed by atoms with Crippen molar-refractivity contribution in [1.82, 2.24) is 4.98 Å². The molecule has 0 aliphatic rings. The van der Waals surface area contributed by atoms with Crippen molar-refractivity contribution in [3.05, 3.63) is 35.5 Å². The van der Waals surface area contributed by atoms with Gasteiger partial charge in [-0.15, -0.1) is 0 Å². The van der Waals surface area contributed by atoms with Crippen LogP contribution >= 0.6 is 22.3 Å². The number of hydrogen-bond acceptors (Lipinski definition) is 3. The number of halogens is 2. The van der Waals surface area contributed by atoms with Crippen LogP contribution in [0.25, 0.3) is 10.9 Å². The Kier molecular flexibility index (Phi) is 2.58. The molecule has 0 radical (unpaired) electrons. The Morgan fingerprint density at radius 3 is 2.60 bits per heavy atom. The molecule has 15 heavy (non-hydrogen) atoms. The maximum absolute atomic E-state index is 11.3. The fourth-order valence-corrected chi connectivity index (χ4v) is 2.53. The molecule has 0 unspecified atom stereocenters. The topological polar surface area (TPSA) is 47.0 Å². The van der Waals surface area contributed by atoms with Crippen molar-refractivity contribution in [2.45, 2.75) is 4.90 Å². The van der Waals surface area contributed by atoms with Crippen molar-refractivity contribution < 1.29 is 8.42 Å². The minimum Gasteiger partial charge on any atom is -0.256 e. The summed E-state index contributed by atoms with van der Waals surface area (Å²) in [7, 11) is 1.52. The molecule has 0 amide bonds. The summed E-state index contributed by atoms with van der Waals surface area (Å²) in [5.41, 5.74) is 0.543. The summed E-state index contributed by atoms with van der Waals surface area (Å²) in [4.78, 5) is 4.04. The van der Waals surface area contributed by atoms with E-state index in [0.717, 1.165) is 0 Å². The van der Waals surface area contributed by atoms with E-state index in [1.54, 1.807) is 12.1 Å². The smallest absolute Gasteiger partial charge is 0.256 e. The first-order chi connectivity index (χ1) is 6.98. The van der Waals surface area contributed by atoms with Crippen LogP contribution in [0.15, 0.2) is 35.4 Å². The first-order valence-corrected chi connectivity index (χ1v) is 6.66. The highest BCUT2D eigenvalue weighted by Gasteiger charge is 2.14. The normalized spacial score (nSPS) is 11.9. The van der Waals surface area contributed by atoms with Gasteiger partial charge in [0.15, 0.2) is 0 Å². The molecule has 0 spiro atoms. The Balaban J connectivity index is 2.92. The lowest BCUT2D eigenvalue weighted by Crippen LogP contribution is -1.93. The first-order valence-electron chi connectivity index (χ1n) is 3.97. The zero-order chi connectivity index (χ0) is 11.1. The van der Waals surface area contributed by atoms with Crippen LogP contribution in [0.5, 0.6) is 0 Å². The fourth-order valence-electron chi connectivity index (χ4n) is 1.31. The van der Waals surface area contributed by atoms with Gasteiger partial charge in [0, 0.05) is 27.3 Å². The van der Waals surface area contributed by atoms with Crippen LogP contribution in [0.2, 0.25) is 5.02 Å². The third-order valence-electron chi connectivity index (χ3n) is 1.93. The third kappa shape index (κ3) is 2.07. The molecule has 0 atom stereocenters. The number of hydrogen-bond donors (Lipinski definition) is 0. The molecule has 1 aromatic carbocycles. The molecule has 0 saturated heterocycles. The molecule has 0 bridgehead atoms. The summed E-state index contributed by atoms with van der Waals surface area (Å²) < 4.78 is 22.5.